The van der Waals surface area contributed by atoms with Crippen molar-refractivity contribution < 1.29 is 0 Å². The van der Waals surface area contributed by atoms with Gasteiger partial charge in [0.1, 0.15) is 0 Å². The molecule has 2 N–H and O–H groups in total. The van der Waals surface area contributed by atoms with E-state index in [-0.39, 0.29) is 12.1 Å². The highest BCUT2D eigenvalue weighted by atomic mass is 79.9. The minimum absolute atomic E-state index is 0.0219. The lowest BCUT2D eigenvalue weighted by Gasteiger charge is -2.24. The number of para-hydroxylation sites is 2. The molecule has 2 aromatic carbocycles. The van der Waals surface area contributed by atoms with E-state index in [1.807, 2.05) is 49.6 Å². The smallest absolute Gasteiger partial charge is 0.0964 e. The monoisotopic (exact) mass is 329 g/mol. The van der Waals surface area contributed by atoms with E-state index in [2.05, 4.69) is 37.6 Å². The number of nitrogens with two attached hydrogens (primary N) is 1. The van der Waals surface area contributed by atoms with E-state index in [4.69, 9.17) is 5.73 Å². The molecule has 0 aliphatic carbocycles. The Morgan fingerprint density at radius 1 is 1.10 bits per heavy atom. The quantitative estimate of drug-likeness (QED) is 0.795. The van der Waals surface area contributed by atoms with Crippen LogP contribution in [0.4, 0.5) is 0 Å². The van der Waals surface area contributed by atoms with Crippen LogP contribution in [0, 0.1) is 0 Å². The van der Waals surface area contributed by atoms with Gasteiger partial charge in [0, 0.05) is 10.5 Å². The van der Waals surface area contributed by atoms with Crippen molar-refractivity contribution in [2.75, 3.05) is 0 Å². The number of halogens is 1. The maximum atomic E-state index is 6.25. The molecule has 0 radical (unpaired) electrons. The van der Waals surface area contributed by atoms with E-state index in [9.17, 15) is 0 Å². The van der Waals surface area contributed by atoms with Crippen molar-refractivity contribution in [3.63, 3.8) is 0 Å². The Balaban J connectivity index is 2.19. The van der Waals surface area contributed by atoms with Crippen LogP contribution in [-0.4, -0.2) is 15.6 Å². The Kier molecular flexibility index (Phi) is 3.59. The van der Waals surface area contributed by atoms with Crippen molar-refractivity contribution >= 4 is 27.0 Å². The Labute approximate surface area is 126 Å². The van der Waals surface area contributed by atoms with E-state index < -0.39 is 0 Å². The summed E-state index contributed by atoms with van der Waals surface area (Å²) in [5.41, 5.74) is 9.52. The molecule has 0 fully saturated rings. The number of imidazole rings is 1. The summed E-state index contributed by atoms with van der Waals surface area (Å²) in [6.07, 6.45) is 1.87. The van der Waals surface area contributed by atoms with Gasteiger partial charge in [0.05, 0.1) is 23.4 Å². The van der Waals surface area contributed by atoms with Crippen molar-refractivity contribution in [3.05, 3.63) is 64.9 Å². The van der Waals surface area contributed by atoms with Crippen LogP contribution in [0.3, 0.4) is 0 Å². The Morgan fingerprint density at radius 3 is 2.55 bits per heavy atom. The van der Waals surface area contributed by atoms with Gasteiger partial charge < -0.3 is 10.3 Å². The predicted octanol–water partition coefficient (Wildman–Crippen LogP) is 3.74. The van der Waals surface area contributed by atoms with Crippen molar-refractivity contribution in [1.82, 2.24) is 9.55 Å². The predicted molar refractivity (Wildman–Crippen MR) is 85.7 cm³/mol. The molecule has 3 aromatic rings. The summed E-state index contributed by atoms with van der Waals surface area (Å²) >= 11 is 3.63. The fourth-order valence-corrected chi connectivity index (χ4v) is 3.12. The highest BCUT2D eigenvalue weighted by molar-refractivity contribution is 9.10. The number of aromatic nitrogens is 2. The molecule has 0 spiro atoms. The molecule has 2 atom stereocenters. The average molecular weight is 330 g/mol. The molecular weight excluding hydrogens is 314 g/mol. The van der Waals surface area contributed by atoms with Gasteiger partial charge in [-0.15, -0.1) is 0 Å². The summed E-state index contributed by atoms with van der Waals surface area (Å²) in [4.78, 5) is 4.47. The summed E-state index contributed by atoms with van der Waals surface area (Å²) in [5, 5.41) is 0. The third-order valence-electron chi connectivity index (χ3n) is 3.50. The molecule has 102 valence electrons. The number of hydrogen-bond donors (Lipinski definition) is 1. The van der Waals surface area contributed by atoms with Crippen LogP contribution in [-0.2, 0) is 0 Å². The third kappa shape index (κ3) is 2.25. The van der Waals surface area contributed by atoms with Crippen molar-refractivity contribution in [2.45, 2.75) is 19.0 Å². The van der Waals surface area contributed by atoms with Gasteiger partial charge in [-0.25, -0.2) is 4.98 Å². The van der Waals surface area contributed by atoms with E-state index in [1.165, 1.54) is 5.56 Å². The molecular formula is C16H16BrN3. The highest BCUT2D eigenvalue weighted by Gasteiger charge is 2.22. The molecule has 20 heavy (non-hydrogen) atoms. The van der Waals surface area contributed by atoms with Crippen LogP contribution in [0.15, 0.2) is 59.3 Å². The van der Waals surface area contributed by atoms with Crippen LogP contribution in [0.25, 0.3) is 11.0 Å². The molecule has 3 nitrogen and oxygen atoms in total. The maximum Gasteiger partial charge on any atom is 0.0964 e. The highest BCUT2D eigenvalue weighted by Crippen LogP contribution is 2.30. The topological polar surface area (TPSA) is 43.8 Å². The van der Waals surface area contributed by atoms with E-state index in [0.717, 1.165) is 15.5 Å². The SMILES string of the molecule is CC(N)C(c1ccccc1Br)n1cnc2ccccc21. The first-order valence-electron chi connectivity index (χ1n) is 6.60. The largest absolute Gasteiger partial charge is 0.326 e. The molecule has 0 saturated carbocycles. The number of fused-ring (bicyclic) bond motifs is 1. The second-order valence-corrected chi connectivity index (χ2v) is 5.82. The first-order chi connectivity index (χ1) is 9.68. The van der Waals surface area contributed by atoms with Crippen LogP contribution < -0.4 is 5.73 Å². The van der Waals surface area contributed by atoms with Crippen LogP contribution in [0.5, 0.6) is 0 Å². The van der Waals surface area contributed by atoms with Crippen molar-refractivity contribution in [2.24, 2.45) is 5.73 Å². The van der Waals surface area contributed by atoms with E-state index >= 15 is 0 Å². The lowest BCUT2D eigenvalue weighted by molar-refractivity contribution is 0.505. The fraction of sp³-hybridized carbons (Fsp3) is 0.188. The summed E-state index contributed by atoms with van der Waals surface area (Å²) in [6, 6.07) is 16.4. The summed E-state index contributed by atoms with van der Waals surface area (Å²) in [5.74, 6) is 0. The number of rotatable bonds is 3. The zero-order valence-corrected chi connectivity index (χ0v) is 12.8. The van der Waals surface area contributed by atoms with Gasteiger partial charge in [-0.2, -0.15) is 0 Å². The second-order valence-electron chi connectivity index (χ2n) is 4.97. The summed E-state index contributed by atoms with van der Waals surface area (Å²) in [7, 11) is 0. The Morgan fingerprint density at radius 2 is 1.80 bits per heavy atom. The molecule has 2 unspecified atom stereocenters. The standard InChI is InChI=1S/C16H16BrN3/c1-11(18)16(12-6-2-3-7-13(12)17)20-10-19-14-8-4-5-9-15(14)20/h2-11,16H,18H2,1H3. The minimum Gasteiger partial charge on any atom is -0.326 e. The van der Waals surface area contributed by atoms with Gasteiger partial charge >= 0.3 is 0 Å². The number of hydrogen-bond acceptors (Lipinski definition) is 2. The van der Waals surface area contributed by atoms with Gasteiger partial charge in [0.2, 0.25) is 0 Å². The summed E-state index contributed by atoms with van der Waals surface area (Å²) in [6.45, 7) is 2.03. The molecule has 1 heterocycles. The fourth-order valence-electron chi connectivity index (χ4n) is 2.60. The van der Waals surface area contributed by atoms with Gasteiger partial charge in [0.15, 0.2) is 0 Å². The zero-order valence-electron chi connectivity index (χ0n) is 11.2. The van der Waals surface area contributed by atoms with Crippen LogP contribution in [0.1, 0.15) is 18.5 Å². The normalized spacial score (nSPS) is 14.3. The zero-order chi connectivity index (χ0) is 14.1. The van der Waals surface area contributed by atoms with Crippen molar-refractivity contribution in [1.29, 1.82) is 0 Å². The van der Waals surface area contributed by atoms with Crippen molar-refractivity contribution in [3.8, 4) is 0 Å². The molecule has 0 aliphatic rings. The van der Waals surface area contributed by atoms with Crippen LogP contribution >= 0.6 is 15.9 Å². The van der Waals surface area contributed by atoms with Crippen LogP contribution in [0.2, 0.25) is 0 Å². The third-order valence-corrected chi connectivity index (χ3v) is 4.22. The minimum atomic E-state index is -0.0219. The summed E-state index contributed by atoms with van der Waals surface area (Å²) < 4.78 is 3.22. The van der Waals surface area contributed by atoms with Gasteiger partial charge in [-0.05, 0) is 30.7 Å². The maximum absolute atomic E-state index is 6.25. The number of benzene rings is 2. The Bertz CT molecular complexity index is 733. The molecule has 0 saturated heterocycles. The Hall–Kier alpha value is -1.65. The van der Waals surface area contributed by atoms with Gasteiger partial charge in [-0.1, -0.05) is 46.3 Å². The molecule has 1 aromatic heterocycles. The lowest BCUT2D eigenvalue weighted by Crippen LogP contribution is -2.30. The first kappa shape index (κ1) is 13.3. The molecule has 0 bridgehead atoms. The number of nitrogens with zero attached hydrogens (tertiary/aromatic N) is 2. The average Bonchev–Trinajstić information content (AvgIpc) is 2.85. The first-order valence-corrected chi connectivity index (χ1v) is 7.39. The van der Waals surface area contributed by atoms with E-state index in [1.54, 1.807) is 0 Å². The molecule has 3 rings (SSSR count). The van der Waals surface area contributed by atoms with Gasteiger partial charge in [0.25, 0.3) is 0 Å². The van der Waals surface area contributed by atoms with E-state index in [0.29, 0.717) is 0 Å². The second kappa shape index (κ2) is 5.38. The molecule has 0 amide bonds. The molecule has 4 heteroatoms. The lowest BCUT2D eigenvalue weighted by atomic mass is 10.0. The van der Waals surface area contributed by atoms with Gasteiger partial charge in [-0.3, -0.25) is 0 Å². The molecule has 0 aliphatic heterocycles.